The quantitative estimate of drug-likeness (QED) is 0.217. The zero-order valence-corrected chi connectivity index (χ0v) is 21.2. The maximum absolute atomic E-state index is 13.1. The van der Waals surface area contributed by atoms with Gasteiger partial charge in [0.1, 0.15) is 17.4 Å². The molecule has 0 aliphatic heterocycles. The van der Waals surface area contributed by atoms with Crippen LogP contribution in [0.4, 0.5) is 36.4 Å². The Morgan fingerprint density at radius 1 is 0.975 bits per heavy atom. The van der Waals surface area contributed by atoms with Crippen LogP contribution in [-0.4, -0.2) is 30.7 Å². The normalized spacial score (nSPS) is 11.4. The molecule has 0 saturated carbocycles. The minimum atomic E-state index is -4.53. The summed E-state index contributed by atoms with van der Waals surface area (Å²) in [5.41, 5.74) is 9.05. The number of anilines is 4. The molecule has 0 aliphatic carbocycles. The maximum atomic E-state index is 13.1. The molecule has 0 radical (unpaired) electrons. The molecule has 0 amide bonds. The van der Waals surface area contributed by atoms with E-state index in [1.807, 2.05) is 25.1 Å². The molecule has 5 aromatic rings. The van der Waals surface area contributed by atoms with Crippen LogP contribution in [0.1, 0.15) is 32.6 Å². The number of Topliss-reactive ketones (excluding diaryl/α,β-unsaturated/α-hetero) is 1. The summed E-state index contributed by atoms with van der Waals surface area (Å²) in [6.07, 6.45) is 0.128. The van der Waals surface area contributed by atoms with Gasteiger partial charge in [-0.2, -0.15) is 18.2 Å². The Labute approximate surface area is 226 Å². The molecule has 3 heterocycles. The van der Waals surface area contributed by atoms with E-state index in [1.54, 1.807) is 24.5 Å². The maximum Gasteiger partial charge on any atom is 0.416 e. The van der Waals surface area contributed by atoms with Crippen LogP contribution in [0.15, 0.2) is 73.3 Å². The number of fused-ring (bicyclic) bond motifs is 1. The van der Waals surface area contributed by atoms with E-state index in [4.69, 9.17) is 5.73 Å². The predicted molar refractivity (Wildman–Crippen MR) is 145 cm³/mol. The van der Waals surface area contributed by atoms with E-state index in [9.17, 15) is 18.0 Å². The number of halogens is 3. The van der Waals surface area contributed by atoms with Gasteiger partial charge in [0.15, 0.2) is 17.4 Å². The van der Waals surface area contributed by atoms with Crippen molar-refractivity contribution in [3.63, 3.8) is 0 Å². The largest absolute Gasteiger partial charge is 0.416 e. The summed E-state index contributed by atoms with van der Waals surface area (Å²) in [6.45, 7) is 2.30. The fourth-order valence-electron chi connectivity index (χ4n) is 4.02. The van der Waals surface area contributed by atoms with Crippen LogP contribution >= 0.6 is 0 Å². The van der Waals surface area contributed by atoms with Crippen LogP contribution in [0, 0.1) is 6.92 Å². The Hall–Kier alpha value is -5.13. The summed E-state index contributed by atoms with van der Waals surface area (Å²) in [7, 11) is 0. The lowest BCUT2D eigenvalue weighted by Crippen LogP contribution is -2.09. The summed E-state index contributed by atoms with van der Waals surface area (Å²) in [5.74, 6) is 0.386. The lowest BCUT2D eigenvalue weighted by molar-refractivity contribution is -0.137. The van der Waals surface area contributed by atoms with Gasteiger partial charge in [0.05, 0.1) is 5.56 Å². The number of rotatable bonds is 8. The second-order valence-electron chi connectivity index (χ2n) is 9.02. The molecule has 3 aromatic heterocycles. The van der Waals surface area contributed by atoms with Crippen LogP contribution in [-0.2, 0) is 19.1 Å². The molecule has 4 N–H and O–H groups in total. The van der Waals surface area contributed by atoms with Crippen LogP contribution < -0.4 is 16.4 Å². The Bertz CT molecular complexity index is 1690. The molecule has 0 aliphatic rings. The summed E-state index contributed by atoms with van der Waals surface area (Å²) < 4.78 is 39.3. The molecule has 5 rings (SSSR count). The number of alkyl halides is 3. The predicted octanol–water partition coefficient (Wildman–Crippen LogP) is 5.51. The van der Waals surface area contributed by atoms with Gasteiger partial charge < -0.3 is 16.4 Å². The summed E-state index contributed by atoms with van der Waals surface area (Å²) in [5, 5.41) is 6.35. The molecule has 12 heteroatoms. The Balaban J connectivity index is 1.39. The zero-order chi connectivity index (χ0) is 28.3. The standard InChI is InChI=1S/C28H23F3N8O/c1-16-7-8-17(11-22(40)19-5-2-6-20(12-19)28(29,30)31)10-21(16)37-26-24-23(35-15-36-26)25(32)39-27(38-24)34-14-18-4-3-9-33-13-18/h2-10,12-13,15H,11,14H2,1H3,(H,35,36,37)(H3,32,34,38,39). The first-order valence-corrected chi connectivity index (χ1v) is 12.2. The minimum absolute atomic E-state index is 0.00908. The van der Waals surface area contributed by atoms with E-state index in [-0.39, 0.29) is 23.8 Å². The number of carbonyl (C=O) groups is 1. The molecular formula is C28H23F3N8O. The van der Waals surface area contributed by atoms with Crippen LogP contribution in [0.2, 0.25) is 0 Å². The third kappa shape index (κ3) is 5.96. The highest BCUT2D eigenvalue weighted by Crippen LogP contribution is 2.30. The molecule has 0 spiro atoms. The smallest absolute Gasteiger partial charge is 0.382 e. The molecule has 0 saturated heterocycles. The number of aromatic nitrogens is 5. The van der Waals surface area contributed by atoms with E-state index >= 15 is 0 Å². The van der Waals surface area contributed by atoms with E-state index in [2.05, 4.69) is 35.6 Å². The highest BCUT2D eigenvalue weighted by Gasteiger charge is 2.30. The molecule has 0 bridgehead atoms. The van der Waals surface area contributed by atoms with Crippen molar-refractivity contribution in [1.29, 1.82) is 0 Å². The van der Waals surface area contributed by atoms with Crippen molar-refractivity contribution in [2.24, 2.45) is 0 Å². The van der Waals surface area contributed by atoms with Crippen LogP contribution in [0.25, 0.3) is 11.0 Å². The number of pyridine rings is 1. The molecule has 202 valence electrons. The van der Waals surface area contributed by atoms with E-state index in [1.165, 1.54) is 18.5 Å². The van der Waals surface area contributed by atoms with Crippen LogP contribution in [0.5, 0.6) is 0 Å². The minimum Gasteiger partial charge on any atom is -0.382 e. The Kier molecular flexibility index (Phi) is 7.23. The number of nitrogens with two attached hydrogens (primary N) is 1. The fraction of sp³-hybridized carbons (Fsp3) is 0.143. The van der Waals surface area contributed by atoms with Crippen LogP contribution in [0.3, 0.4) is 0 Å². The molecule has 2 aromatic carbocycles. The van der Waals surface area contributed by atoms with Gasteiger partial charge in [-0.05, 0) is 47.9 Å². The first kappa shape index (κ1) is 26.5. The number of hydrogen-bond donors (Lipinski definition) is 3. The highest BCUT2D eigenvalue weighted by molar-refractivity contribution is 5.98. The molecule has 0 atom stereocenters. The Morgan fingerprint density at radius 3 is 2.60 bits per heavy atom. The number of nitrogen functional groups attached to an aromatic ring is 1. The second kappa shape index (κ2) is 10.9. The zero-order valence-electron chi connectivity index (χ0n) is 21.2. The number of aryl methyl sites for hydroxylation is 1. The van der Waals surface area contributed by atoms with E-state index in [0.717, 1.165) is 23.3 Å². The average molecular weight is 545 g/mol. The number of carbonyl (C=O) groups excluding carboxylic acids is 1. The van der Waals surface area contributed by atoms with Gasteiger partial charge in [0, 0.05) is 36.6 Å². The number of nitrogens with zero attached hydrogens (tertiary/aromatic N) is 5. The van der Waals surface area contributed by atoms with Gasteiger partial charge in [0.2, 0.25) is 5.95 Å². The molecule has 9 nitrogen and oxygen atoms in total. The molecule has 0 unspecified atom stereocenters. The van der Waals surface area contributed by atoms with Crippen molar-refractivity contribution in [2.75, 3.05) is 16.4 Å². The van der Waals surface area contributed by atoms with Crippen molar-refractivity contribution in [3.8, 4) is 0 Å². The van der Waals surface area contributed by atoms with E-state index < -0.39 is 17.5 Å². The number of benzene rings is 2. The third-order valence-corrected chi connectivity index (χ3v) is 6.11. The van der Waals surface area contributed by atoms with Gasteiger partial charge in [-0.15, -0.1) is 0 Å². The summed E-state index contributed by atoms with van der Waals surface area (Å²) >= 11 is 0. The highest BCUT2D eigenvalue weighted by atomic mass is 19.4. The number of ketones is 1. The fourth-order valence-corrected chi connectivity index (χ4v) is 4.02. The first-order chi connectivity index (χ1) is 19.2. The topological polar surface area (TPSA) is 132 Å². The van der Waals surface area contributed by atoms with Crippen molar-refractivity contribution in [2.45, 2.75) is 26.1 Å². The first-order valence-electron chi connectivity index (χ1n) is 12.2. The van der Waals surface area contributed by atoms with Gasteiger partial charge in [-0.25, -0.2) is 15.0 Å². The van der Waals surface area contributed by atoms with Crippen molar-refractivity contribution >= 4 is 40.1 Å². The van der Waals surface area contributed by atoms with Gasteiger partial charge in [-0.3, -0.25) is 9.78 Å². The monoisotopic (exact) mass is 544 g/mol. The van der Waals surface area contributed by atoms with E-state index in [0.29, 0.717) is 34.6 Å². The van der Waals surface area contributed by atoms with Crippen molar-refractivity contribution in [1.82, 2.24) is 24.9 Å². The number of nitrogens with one attached hydrogen (secondary N) is 2. The Morgan fingerprint density at radius 2 is 1.82 bits per heavy atom. The lowest BCUT2D eigenvalue weighted by atomic mass is 9.99. The lowest BCUT2D eigenvalue weighted by Gasteiger charge is -2.14. The summed E-state index contributed by atoms with van der Waals surface area (Å²) in [4.78, 5) is 34.3. The molecule has 40 heavy (non-hydrogen) atoms. The van der Waals surface area contributed by atoms with Crippen molar-refractivity contribution in [3.05, 3.63) is 101 Å². The second-order valence-corrected chi connectivity index (χ2v) is 9.02. The molecule has 0 fully saturated rings. The summed E-state index contributed by atoms with van der Waals surface area (Å²) in [6, 6.07) is 13.5. The van der Waals surface area contributed by atoms with Crippen molar-refractivity contribution < 1.29 is 18.0 Å². The average Bonchev–Trinajstić information content (AvgIpc) is 2.94. The van der Waals surface area contributed by atoms with Gasteiger partial charge in [0.25, 0.3) is 0 Å². The number of hydrogen-bond acceptors (Lipinski definition) is 9. The third-order valence-electron chi connectivity index (χ3n) is 6.11. The molecular weight excluding hydrogens is 521 g/mol. The SMILES string of the molecule is Cc1ccc(CC(=O)c2cccc(C(F)(F)F)c2)cc1Nc1ncnc2c(N)nc(NCc3cccnc3)nc12. The van der Waals surface area contributed by atoms with Gasteiger partial charge in [-0.1, -0.05) is 30.3 Å². The van der Waals surface area contributed by atoms with Gasteiger partial charge >= 0.3 is 6.18 Å².